The van der Waals surface area contributed by atoms with Crippen LogP contribution in [0.5, 0.6) is 0 Å². The second kappa shape index (κ2) is 7.88. The Labute approximate surface area is 162 Å². The van der Waals surface area contributed by atoms with Crippen molar-refractivity contribution in [3.05, 3.63) is 65.6 Å². The number of hydrogen-bond acceptors (Lipinski definition) is 4. The normalized spacial score (nSPS) is 16.9. The number of aryl methyl sites for hydroxylation is 1. The minimum atomic E-state index is -0.300. The predicted molar refractivity (Wildman–Crippen MR) is 103 cm³/mol. The molecule has 0 aliphatic carbocycles. The summed E-state index contributed by atoms with van der Waals surface area (Å²) in [6, 6.07) is 7.81. The number of carbonyl (C=O) groups excluding carboxylic acids is 1. The molecule has 1 aromatic carbocycles. The number of amides is 1. The predicted octanol–water partition coefficient (Wildman–Crippen LogP) is 3.61. The maximum absolute atomic E-state index is 13.1. The Morgan fingerprint density at radius 1 is 1.25 bits per heavy atom. The molecule has 3 aromatic rings. The molecule has 1 saturated heterocycles. The Bertz CT molecular complexity index is 955. The summed E-state index contributed by atoms with van der Waals surface area (Å²) in [6.07, 6.45) is 6.50. The summed E-state index contributed by atoms with van der Waals surface area (Å²) in [5, 5.41) is 0. The van der Waals surface area contributed by atoms with Crippen LogP contribution >= 0.6 is 0 Å². The van der Waals surface area contributed by atoms with Gasteiger partial charge in [-0.15, -0.1) is 0 Å². The molecule has 1 fully saturated rings. The number of rotatable bonds is 4. The first-order valence-electron chi connectivity index (χ1n) is 9.49. The van der Waals surface area contributed by atoms with Gasteiger partial charge in [-0.05, 0) is 49.9 Å². The molecule has 1 N–H and O–H groups in total. The number of halogens is 1. The van der Waals surface area contributed by atoms with E-state index in [1.807, 2.05) is 17.9 Å². The first-order chi connectivity index (χ1) is 13.6. The van der Waals surface area contributed by atoms with E-state index in [2.05, 4.69) is 15.0 Å². The van der Waals surface area contributed by atoms with Crippen LogP contribution in [0, 0.1) is 12.7 Å². The van der Waals surface area contributed by atoms with E-state index in [1.54, 1.807) is 24.5 Å². The molecular weight excluding hydrogens is 357 g/mol. The number of hydrogen-bond donors (Lipinski definition) is 1. The van der Waals surface area contributed by atoms with Gasteiger partial charge in [-0.2, -0.15) is 0 Å². The second-order valence-electron chi connectivity index (χ2n) is 7.09. The number of nitrogens with one attached hydrogen (secondary N) is 1. The standard InChI is InChI=1S/C21H22FN5O/c1-14-12-17(20-23-9-10-24-20)26-21(25-14)18-4-2-3-11-27(18)19(28)13-15-5-7-16(22)8-6-15/h5-10,12,18H,2-4,11,13H2,1H3,(H,23,24). The quantitative estimate of drug-likeness (QED) is 0.751. The highest BCUT2D eigenvalue weighted by molar-refractivity contribution is 5.79. The zero-order valence-electron chi connectivity index (χ0n) is 15.7. The SMILES string of the molecule is Cc1cc(-c2ncc[nH]2)nc(C2CCCCN2C(=O)Cc2ccc(F)cc2)n1. The third kappa shape index (κ3) is 3.93. The van der Waals surface area contributed by atoms with E-state index in [0.29, 0.717) is 18.2 Å². The molecule has 0 bridgehead atoms. The van der Waals surface area contributed by atoms with Gasteiger partial charge in [0.2, 0.25) is 5.91 Å². The van der Waals surface area contributed by atoms with Gasteiger partial charge in [0.15, 0.2) is 11.6 Å². The molecule has 1 unspecified atom stereocenters. The molecule has 1 atom stereocenters. The second-order valence-corrected chi connectivity index (χ2v) is 7.09. The van der Waals surface area contributed by atoms with Gasteiger partial charge < -0.3 is 9.88 Å². The topological polar surface area (TPSA) is 74.8 Å². The zero-order chi connectivity index (χ0) is 19.5. The lowest BCUT2D eigenvalue weighted by molar-refractivity contribution is -0.134. The Kier molecular flexibility index (Phi) is 5.14. The summed E-state index contributed by atoms with van der Waals surface area (Å²) in [7, 11) is 0. The highest BCUT2D eigenvalue weighted by Crippen LogP contribution is 2.30. The van der Waals surface area contributed by atoms with Gasteiger partial charge in [0.25, 0.3) is 0 Å². The van der Waals surface area contributed by atoms with E-state index in [0.717, 1.165) is 36.2 Å². The van der Waals surface area contributed by atoms with Crippen molar-refractivity contribution in [2.45, 2.75) is 38.6 Å². The van der Waals surface area contributed by atoms with Crippen LogP contribution in [0.3, 0.4) is 0 Å². The van der Waals surface area contributed by atoms with Crippen LogP contribution in [0.15, 0.2) is 42.7 Å². The van der Waals surface area contributed by atoms with Gasteiger partial charge in [0.05, 0.1) is 12.5 Å². The van der Waals surface area contributed by atoms with E-state index >= 15 is 0 Å². The van der Waals surface area contributed by atoms with Crippen molar-refractivity contribution in [2.75, 3.05) is 6.54 Å². The molecule has 4 rings (SSSR count). The van der Waals surface area contributed by atoms with Gasteiger partial charge in [-0.25, -0.2) is 19.3 Å². The molecule has 144 valence electrons. The Morgan fingerprint density at radius 2 is 2.07 bits per heavy atom. The largest absolute Gasteiger partial charge is 0.343 e. The molecule has 2 aromatic heterocycles. The number of carbonyl (C=O) groups is 1. The summed E-state index contributed by atoms with van der Waals surface area (Å²) in [5.41, 5.74) is 2.37. The third-order valence-corrected chi connectivity index (χ3v) is 5.00. The summed E-state index contributed by atoms with van der Waals surface area (Å²) in [4.78, 5) is 31.5. The Hall–Kier alpha value is -3.09. The van der Waals surface area contributed by atoms with Crippen LogP contribution in [0.25, 0.3) is 11.5 Å². The van der Waals surface area contributed by atoms with Crippen molar-refractivity contribution in [1.29, 1.82) is 0 Å². The lowest BCUT2D eigenvalue weighted by Crippen LogP contribution is -2.40. The zero-order valence-corrected chi connectivity index (χ0v) is 15.7. The number of nitrogens with zero attached hydrogens (tertiary/aromatic N) is 4. The maximum Gasteiger partial charge on any atom is 0.227 e. The van der Waals surface area contributed by atoms with Crippen LogP contribution in [-0.2, 0) is 11.2 Å². The van der Waals surface area contributed by atoms with Crippen LogP contribution in [0.4, 0.5) is 4.39 Å². The van der Waals surface area contributed by atoms with Gasteiger partial charge in [0, 0.05) is 24.6 Å². The third-order valence-electron chi connectivity index (χ3n) is 5.00. The summed E-state index contributed by atoms with van der Waals surface area (Å²) >= 11 is 0. The maximum atomic E-state index is 13.1. The van der Waals surface area contributed by atoms with Gasteiger partial charge in [-0.1, -0.05) is 12.1 Å². The lowest BCUT2D eigenvalue weighted by atomic mass is 9.99. The van der Waals surface area contributed by atoms with Crippen LogP contribution in [0.2, 0.25) is 0 Å². The summed E-state index contributed by atoms with van der Waals surface area (Å²) in [5.74, 6) is 1.05. The number of H-pyrrole nitrogens is 1. The molecule has 3 heterocycles. The first-order valence-corrected chi connectivity index (χ1v) is 9.49. The van der Waals surface area contributed by atoms with Crippen molar-refractivity contribution >= 4 is 5.91 Å². The molecule has 1 amide bonds. The molecule has 0 spiro atoms. The number of aromatic amines is 1. The van der Waals surface area contributed by atoms with Crippen LogP contribution in [-0.4, -0.2) is 37.3 Å². The van der Waals surface area contributed by atoms with E-state index in [-0.39, 0.29) is 24.2 Å². The van der Waals surface area contributed by atoms with Crippen molar-refractivity contribution < 1.29 is 9.18 Å². The van der Waals surface area contributed by atoms with Crippen LogP contribution < -0.4 is 0 Å². The fourth-order valence-electron chi connectivity index (χ4n) is 3.64. The van der Waals surface area contributed by atoms with E-state index in [4.69, 9.17) is 4.98 Å². The average Bonchev–Trinajstić information content (AvgIpc) is 3.24. The van der Waals surface area contributed by atoms with Crippen molar-refractivity contribution in [3.63, 3.8) is 0 Å². The van der Waals surface area contributed by atoms with Crippen molar-refractivity contribution in [3.8, 4) is 11.5 Å². The number of piperidine rings is 1. The number of imidazole rings is 1. The number of benzene rings is 1. The van der Waals surface area contributed by atoms with Gasteiger partial charge >= 0.3 is 0 Å². The lowest BCUT2D eigenvalue weighted by Gasteiger charge is -2.35. The van der Waals surface area contributed by atoms with Crippen molar-refractivity contribution in [1.82, 2.24) is 24.8 Å². The molecule has 6 nitrogen and oxygen atoms in total. The molecule has 0 saturated carbocycles. The number of aromatic nitrogens is 4. The van der Waals surface area contributed by atoms with Crippen molar-refractivity contribution in [2.24, 2.45) is 0 Å². The minimum absolute atomic E-state index is 0.0148. The van der Waals surface area contributed by atoms with E-state index in [9.17, 15) is 9.18 Å². The minimum Gasteiger partial charge on any atom is -0.343 e. The molecular formula is C21H22FN5O. The highest BCUT2D eigenvalue weighted by atomic mass is 19.1. The van der Waals surface area contributed by atoms with Gasteiger partial charge in [0.1, 0.15) is 11.5 Å². The Balaban J connectivity index is 1.60. The molecule has 0 radical (unpaired) electrons. The monoisotopic (exact) mass is 379 g/mol. The smallest absolute Gasteiger partial charge is 0.227 e. The number of likely N-dealkylation sites (tertiary alicyclic amines) is 1. The fourth-order valence-corrected chi connectivity index (χ4v) is 3.64. The fraction of sp³-hybridized carbons (Fsp3) is 0.333. The molecule has 1 aliphatic heterocycles. The average molecular weight is 379 g/mol. The molecule has 28 heavy (non-hydrogen) atoms. The first kappa shape index (κ1) is 18.3. The van der Waals surface area contributed by atoms with E-state index < -0.39 is 0 Å². The summed E-state index contributed by atoms with van der Waals surface area (Å²) < 4.78 is 13.1. The van der Waals surface area contributed by atoms with Crippen LogP contribution in [0.1, 0.15) is 42.4 Å². The summed E-state index contributed by atoms with van der Waals surface area (Å²) in [6.45, 7) is 2.60. The molecule has 7 heteroatoms. The van der Waals surface area contributed by atoms with E-state index in [1.165, 1.54) is 12.1 Å². The highest BCUT2D eigenvalue weighted by Gasteiger charge is 2.30. The van der Waals surface area contributed by atoms with Gasteiger partial charge in [-0.3, -0.25) is 4.79 Å². The molecule has 1 aliphatic rings. The Morgan fingerprint density at radius 3 is 2.82 bits per heavy atom.